The van der Waals surface area contributed by atoms with Crippen molar-refractivity contribution in [2.24, 2.45) is 5.92 Å². The van der Waals surface area contributed by atoms with Crippen LogP contribution in [0.25, 0.3) is 0 Å². The number of likely N-dealkylation sites (tertiary alicyclic amines) is 1. The Bertz CT molecular complexity index is 532. The van der Waals surface area contributed by atoms with E-state index in [0.717, 1.165) is 24.9 Å². The van der Waals surface area contributed by atoms with Crippen LogP contribution in [0.5, 0.6) is 0 Å². The molecule has 2 bridgehead atoms. The highest BCUT2D eigenvalue weighted by Gasteiger charge is 2.41. The molecule has 1 heterocycles. The van der Waals surface area contributed by atoms with Crippen LogP contribution in [0.2, 0.25) is 0 Å². The highest BCUT2D eigenvalue weighted by molar-refractivity contribution is 5.83. The molecule has 112 valence electrons. The third kappa shape index (κ3) is 3.01. The van der Waals surface area contributed by atoms with E-state index in [9.17, 15) is 14.7 Å². The summed E-state index contributed by atoms with van der Waals surface area (Å²) in [5, 5.41) is 12.0. The molecule has 0 spiro atoms. The molecule has 1 aromatic rings. The van der Waals surface area contributed by atoms with E-state index in [0.29, 0.717) is 18.4 Å². The molecule has 2 aliphatic rings. The quantitative estimate of drug-likeness (QED) is 0.888. The van der Waals surface area contributed by atoms with Crippen molar-refractivity contribution >= 4 is 12.0 Å². The number of benzene rings is 1. The Hall–Kier alpha value is -2.04. The van der Waals surface area contributed by atoms with Gasteiger partial charge in [0.15, 0.2) is 0 Å². The zero-order chi connectivity index (χ0) is 14.8. The zero-order valence-corrected chi connectivity index (χ0v) is 11.9. The fourth-order valence-corrected chi connectivity index (χ4v) is 3.46. The molecular weight excluding hydrogens is 268 g/mol. The minimum Gasteiger partial charge on any atom is -0.480 e. The number of hydrogen-bond acceptors (Lipinski definition) is 2. The first-order chi connectivity index (χ1) is 10.1. The zero-order valence-electron chi connectivity index (χ0n) is 11.9. The van der Waals surface area contributed by atoms with Crippen LogP contribution in [0.4, 0.5) is 4.79 Å². The molecule has 1 aromatic carbocycles. The van der Waals surface area contributed by atoms with Crippen LogP contribution in [0.15, 0.2) is 30.3 Å². The number of fused-ring (bicyclic) bond motifs is 2. The molecule has 3 rings (SSSR count). The van der Waals surface area contributed by atoms with Crippen molar-refractivity contribution in [2.45, 2.75) is 37.8 Å². The molecule has 0 aromatic heterocycles. The summed E-state index contributed by atoms with van der Waals surface area (Å²) >= 11 is 0. The third-order valence-corrected chi connectivity index (χ3v) is 4.55. The number of nitrogens with zero attached hydrogens (tertiary/aromatic N) is 1. The van der Waals surface area contributed by atoms with Crippen LogP contribution >= 0.6 is 0 Å². The smallest absolute Gasteiger partial charge is 0.326 e. The van der Waals surface area contributed by atoms with Gasteiger partial charge >= 0.3 is 12.0 Å². The van der Waals surface area contributed by atoms with Gasteiger partial charge in [0.1, 0.15) is 6.04 Å². The lowest BCUT2D eigenvalue weighted by atomic mass is 10.1. The maximum Gasteiger partial charge on any atom is 0.326 e. The van der Waals surface area contributed by atoms with Gasteiger partial charge in [-0.2, -0.15) is 0 Å². The second kappa shape index (κ2) is 5.76. The third-order valence-electron chi connectivity index (χ3n) is 4.55. The van der Waals surface area contributed by atoms with Gasteiger partial charge < -0.3 is 15.3 Å². The van der Waals surface area contributed by atoms with Crippen molar-refractivity contribution in [1.82, 2.24) is 10.2 Å². The predicted molar refractivity (Wildman–Crippen MR) is 77.9 cm³/mol. The highest BCUT2D eigenvalue weighted by Crippen LogP contribution is 2.37. The molecule has 1 saturated heterocycles. The summed E-state index contributed by atoms with van der Waals surface area (Å²) in [7, 11) is 0. The van der Waals surface area contributed by atoms with Crippen LogP contribution in [0, 0.1) is 5.92 Å². The van der Waals surface area contributed by atoms with E-state index in [1.807, 2.05) is 35.2 Å². The lowest BCUT2D eigenvalue weighted by molar-refractivity contribution is -0.139. The molecule has 1 saturated carbocycles. The number of amides is 2. The first-order valence-corrected chi connectivity index (χ1v) is 7.47. The molecule has 3 atom stereocenters. The maximum absolute atomic E-state index is 12.3. The molecule has 1 aliphatic heterocycles. The lowest BCUT2D eigenvalue weighted by Gasteiger charge is -2.28. The summed E-state index contributed by atoms with van der Waals surface area (Å²) in [6.45, 7) is 0.772. The number of aliphatic carboxylic acids is 1. The van der Waals surface area contributed by atoms with Crippen molar-refractivity contribution in [2.75, 3.05) is 6.54 Å². The Balaban J connectivity index is 1.62. The summed E-state index contributed by atoms with van der Waals surface area (Å²) < 4.78 is 0. The summed E-state index contributed by atoms with van der Waals surface area (Å²) in [6, 6.07) is 8.58. The average Bonchev–Trinajstić information content (AvgIpc) is 3.10. The van der Waals surface area contributed by atoms with E-state index in [-0.39, 0.29) is 6.03 Å². The van der Waals surface area contributed by atoms with Crippen LogP contribution in [0.3, 0.4) is 0 Å². The molecule has 1 aliphatic carbocycles. The van der Waals surface area contributed by atoms with E-state index in [1.165, 1.54) is 6.42 Å². The predicted octanol–water partition coefficient (Wildman–Crippen LogP) is 1.88. The summed E-state index contributed by atoms with van der Waals surface area (Å²) in [6.07, 6.45) is 3.63. The molecular formula is C16H20N2O3. The van der Waals surface area contributed by atoms with Gasteiger partial charge in [0.25, 0.3) is 0 Å². The normalized spacial score (nSPS) is 24.9. The van der Waals surface area contributed by atoms with Gasteiger partial charge in [0, 0.05) is 19.0 Å². The van der Waals surface area contributed by atoms with E-state index in [2.05, 4.69) is 5.32 Å². The Kier molecular flexibility index (Phi) is 3.82. The van der Waals surface area contributed by atoms with Gasteiger partial charge in [-0.25, -0.2) is 9.59 Å². The van der Waals surface area contributed by atoms with Crippen molar-refractivity contribution in [3.8, 4) is 0 Å². The average molecular weight is 288 g/mol. The first kappa shape index (κ1) is 13.9. The first-order valence-electron chi connectivity index (χ1n) is 7.47. The van der Waals surface area contributed by atoms with Crippen LogP contribution < -0.4 is 5.32 Å². The number of hydrogen-bond donors (Lipinski definition) is 2. The van der Waals surface area contributed by atoms with Crippen LogP contribution in [-0.4, -0.2) is 40.6 Å². The monoisotopic (exact) mass is 288 g/mol. The van der Waals surface area contributed by atoms with Crippen LogP contribution in [-0.2, 0) is 11.2 Å². The van der Waals surface area contributed by atoms with Gasteiger partial charge in [-0.15, -0.1) is 0 Å². The number of carboxylic acids is 1. The number of piperidine rings is 1. The summed E-state index contributed by atoms with van der Waals surface area (Å²) in [5.41, 5.74) is 0.910. The minimum absolute atomic E-state index is 0.231. The molecule has 2 fully saturated rings. The van der Waals surface area contributed by atoms with Gasteiger partial charge in [0.05, 0.1) is 0 Å². The fraction of sp³-hybridized carbons (Fsp3) is 0.500. The molecule has 21 heavy (non-hydrogen) atoms. The van der Waals surface area contributed by atoms with Crippen LogP contribution in [0.1, 0.15) is 24.8 Å². The SMILES string of the molecule is O=C(O)[C@H](Cc1ccccc1)NC(=O)N1CC2CCC1C2. The number of carboxylic acid groups (broad SMARTS) is 1. The van der Waals surface area contributed by atoms with Crippen molar-refractivity contribution in [3.05, 3.63) is 35.9 Å². The van der Waals surface area contributed by atoms with Crippen molar-refractivity contribution in [3.63, 3.8) is 0 Å². The Labute approximate surface area is 123 Å². The maximum atomic E-state index is 12.3. The standard InChI is InChI=1S/C16H20N2O3/c19-15(20)14(9-11-4-2-1-3-5-11)17-16(21)18-10-12-6-7-13(18)8-12/h1-5,12-14H,6-10H2,(H,17,21)(H,19,20)/t12?,13?,14-/m0/s1. The molecule has 5 heteroatoms. The van der Waals surface area contributed by atoms with E-state index in [4.69, 9.17) is 0 Å². The Morgan fingerprint density at radius 2 is 2.05 bits per heavy atom. The summed E-state index contributed by atoms with van der Waals surface area (Å²) in [4.78, 5) is 25.5. The lowest BCUT2D eigenvalue weighted by Crippen LogP contribution is -2.51. The molecule has 2 N–H and O–H groups in total. The van der Waals surface area contributed by atoms with Gasteiger partial charge in [0.2, 0.25) is 0 Å². The molecule has 2 unspecified atom stereocenters. The van der Waals surface area contributed by atoms with Gasteiger partial charge in [-0.05, 0) is 30.7 Å². The van der Waals surface area contributed by atoms with E-state index in [1.54, 1.807) is 0 Å². The van der Waals surface area contributed by atoms with Crippen molar-refractivity contribution in [1.29, 1.82) is 0 Å². The molecule has 0 radical (unpaired) electrons. The number of rotatable bonds is 4. The highest BCUT2D eigenvalue weighted by atomic mass is 16.4. The van der Waals surface area contributed by atoms with E-state index >= 15 is 0 Å². The topological polar surface area (TPSA) is 69.6 Å². The minimum atomic E-state index is -0.989. The molecule has 2 amide bonds. The number of nitrogens with one attached hydrogen (secondary N) is 1. The van der Waals surface area contributed by atoms with E-state index < -0.39 is 12.0 Å². The second-order valence-corrected chi connectivity index (χ2v) is 6.02. The number of carbonyl (C=O) groups is 2. The molecule has 5 nitrogen and oxygen atoms in total. The number of carbonyl (C=O) groups excluding carboxylic acids is 1. The Morgan fingerprint density at radius 3 is 2.62 bits per heavy atom. The fourth-order valence-electron chi connectivity index (χ4n) is 3.46. The van der Waals surface area contributed by atoms with Gasteiger partial charge in [-0.3, -0.25) is 0 Å². The van der Waals surface area contributed by atoms with Gasteiger partial charge in [-0.1, -0.05) is 30.3 Å². The largest absolute Gasteiger partial charge is 0.480 e. The summed E-state index contributed by atoms with van der Waals surface area (Å²) in [5.74, 6) is -0.380. The Morgan fingerprint density at radius 1 is 1.29 bits per heavy atom. The second-order valence-electron chi connectivity index (χ2n) is 6.02. The van der Waals surface area contributed by atoms with Crippen molar-refractivity contribution < 1.29 is 14.7 Å². The number of urea groups is 1.